The number of halogens is 4. The van der Waals surface area contributed by atoms with Gasteiger partial charge in [-0.25, -0.2) is 14.1 Å². The molecule has 2 heterocycles. The Morgan fingerprint density at radius 2 is 1.81 bits per heavy atom. The molecule has 0 bridgehead atoms. The van der Waals surface area contributed by atoms with Gasteiger partial charge >= 0.3 is 15.5 Å². The van der Waals surface area contributed by atoms with Crippen molar-refractivity contribution in [1.82, 2.24) is 19.9 Å². The van der Waals surface area contributed by atoms with Crippen molar-refractivity contribution in [2.75, 3.05) is 13.1 Å². The van der Waals surface area contributed by atoms with Crippen LogP contribution < -0.4 is 10.0 Å². The van der Waals surface area contributed by atoms with E-state index in [2.05, 4.69) is 10.3 Å². The number of rotatable bonds is 13. The maximum absolute atomic E-state index is 14.2. The van der Waals surface area contributed by atoms with Crippen molar-refractivity contribution in [2.45, 2.75) is 95.1 Å². The van der Waals surface area contributed by atoms with Crippen molar-refractivity contribution in [1.29, 1.82) is 0 Å². The highest BCUT2D eigenvalue weighted by Crippen LogP contribution is 2.34. The summed E-state index contributed by atoms with van der Waals surface area (Å²) < 4.78 is 81.0. The summed E-state index contributed by atoms with van der Waals surface area (Å²) in [6.07, 6.45) is 11.9. The Kier molecular flexibility index (Phi) is 11.2. The Balaban J connectivity index is 1.30. The minimum absolute atomic E-state index is 0.0999. The number of unbranched alkanes of at least 4 members (excludes halogenated alkanes) is 1. The standard InChI is InChI=1S/C29H38F4N4O5S/c30-23-13-11-21(12-14-26(38)36-43(40,41)29(31,32)33)22(17-23)18-37-16-6-10-25(37)28-35-24(19-42-28)27(39)34-15-5-4-9-20-7-2-1-3-8-20/h11,13,17,19-20,25H,1-10,12,14-16,18H2,(H,34,39)(H,36,38). The second-order valence-corrected chi connectivity index (χ2v) is 13.0. The Morgan fingerprint density at radius 1 is 1.05 bits per heavy atom. The number of oxazole rings is 1. The van der Waals surface area contributed by atoms with Crippen molar-refractivity contribution in [3.05, 3.63) is 53.0 Å². The molecule has 1 aliphatic heterocycles. The van der Waals surface area contributed by atoms with Crippen LogP contribution in [0.15, 0.2) is 28.9 Å². The number of amides is 2. The molecule has 1 aromatic carbocycles. The summed E-state index contributed by atoms with van der Waals surface area (Å²) in [5.41, 5.74) is -4.44. The van der Waals surface area contributed by atoms with Gasteiger partial charge in [-0.3, -0.25) is 14.5 Å². The van der Waals surface area contributed by atoms with Gasteiger partial charge in [0.25, 0.3) is 5.91 Å². The molecule has 1 saturated heterocycles. The van der Waals surface area contributed by atoms with Crippen LogP contribution in [0.25, 0.3) is 0 Å². The molecule has 238 valence electrons. The van der Waals surface area contributed by atoms with Crippen LogP contribution in [-0.2, 0) is 27.8 Å². The van der Waals surface area contributed by atoms with Crippen LogP contribution in [0.1, 0.15) is 104 Å². The zero-order chi connectivity index (χ0) is 31.0. The predicted octanol–water partition coefficient (Wildman–Crippen LogP) is 5.53. The number of sulfonamides is 1. The van der Waals surface area contributed by atoms with Gasteiger partial charge in [-0.15, -0.1) is 0 Å². The number of hydrogen-bond donors (Lipinski definition) is 2. The van der Waals surface area contributed by atoms with Gasteiger partial charge in [0, 0.05) is 19.5 Å². The van der Waals surface area contributed by atoms with Crippen LogP contribution in [0.3, 0.4) is 0 Å². The van der Waals surface area contributed by atoms with E-state index < -0.39 is 33.7 Å². The lowest BCUT2D eigenvalue weighted by Gasteiger charge is -2.23. The molecule has 1 unspecified atom stereocenters. The first-order valence-electron chi connectivity index (χ1n) is 14.8. The minimum atomic E-state index is -5.81. The summed E-state index contributed by atoms with van der Waals surface area (Å²) in [6.45, 7) is 1.41. The summed E-state index contributed by atoms with van der Waals surface area (Å²) in [6, 6.07) is 3.58. The van der Waals surface area contributed by atoms with Crippen LogP contribution >= 0.6 is 0 Å². The van der Waals surface area contributed by atoms with Gasteiger partial charge in [0.15, 0.2) is 5.69 Å². The molecule has 2 N–H and O–H groups in total. The molecule has 1 aliphatic carbocycles. The van der Waals surface area contributed by atoms with Crippen LogP contribution in [0, 0.1) is 11.7 Å². The summed E-state index contributed by atoms with van der Waals surface area (Å²) in [5, 5.41) is 2.90. The molecular formula is C29H38F4N4O5S. The molecule has 2 aliphatic rings. The lowest BCUT2D eigenvalue weighted by atomic mass is 9.86. The molecule has 1 saturated carbocycles. The fourth-order valence-corrected chi connectivity index (χ4v) is 6.40. The number of carbonyl (C=O) groups is 2. The highest BCUT2D eigenvalue weighted by atomic mass is 32.2. The molecule has 43 heavy (non-hydrogen) atoms. The quantitative estimate of drug-likeness (QED) is 0.221. The van der Waals surface area contributed by atoms with E-state index in [1.54, 1.807) is 0 Å². The van der Waals surface area contributed by atoms with Gasteiger partial charge < -0.3 is 9.73 Å². The van der Waals surface area contributed by atoms with Crippen LogP contribution in [0.4, 0.5) is 17.6 Å². The fraction of sp³-hybridized carbons (Fsp3) is 0.621. The Hall–Kier alpha value is -3.00. The molecule has 14 heteroatoms. The van der Waals surface area contributed by atoms with Gasteiger partial charge in [0.05, 0.1) is 6.04 Å². The third kappa shape index (κ3) is 9.24. The maximum Gasteiger partial charge on any atom is 0.516 e. The summed E-state index contributed by atoms with van der Waals surface area (Å²) in [7, 11) is -5.81. The van der Waals surface area contributed by atoms with E-state index in [-0.39, 0.29) is 30.6 Å². The third-order valence-electron chi connectivity index (χ3n) is 8.17. The highest BCUT2D eigenvalue weighted by Gasteiger charge is 2.46. The topological polar surface area (TPSA) is 122 Å². The number of aryl methyl sites for hydroxylation is 1. The number of hydrogen-bond acceptors (Lipinski definition) is 7. The van der Waals surface area contributed by atoms with E-state index in [1.807, 2.05) is 4.90 Å². The van der Waals surface area contributed by atoms with Crippen molar-refractivity contribution in [3.8, 4) is 0 Å². The Morgan fingerprint density at radius 3 is 2.56 bits per heavy atom. The molecule has 2 fully saturated rings. The van der Waals surface area contributed by atoms with E-state index in [0.29, 0.717) is 36.5 Å². The van der Waals surface area contributed by atoms with Crippen LogP contribution in [-0.4, -0.2) is 48.7 Å². The zero-order valence-electron chi connectivity index (χ0n) is 23.9. The smallest absolute Gasteiger partial charge is 0.446 e. The van der Waals surface area contributed by atoms with Crippen molar-refractivity contribution in [2.24, 2.45) is 5.92 Å². The van der Waals surface area contributed by atoms with Crippen LogP contribution in [0.5, 0.6) is 0 Å². The molecule has 0 spiro atoms. The fourth-order valence-electron chi connectivity index (χ4n) is 5.88. The first kappa shape index (κ1) is 32.9. The molecule has 1 atom stereocenters. The zero-order valence-corrected chi connectivity index (χ0v) is 24.7. The Labute approximate surface area is 248 Å². The van der Waals surface area contributed by atoms with Crippen molar-refractivity contribution >= 4 is 21.8 Å². The normalized spacial score (nSPS) is 18.6. The largest absolute Gasteiger partial charge is 0.516 e. The molecule has 1 aromatic heterocycles. The van der Waals surface area contributed by atoms with E-state index >= 15 is 0 Å². The minimum Gasteiger partial charge on any atom is -0.446 e. The molecule has 2 amide bonds. The van der Waals surface area contributed by atoms with E-state index in [4.69, 9.17) is 4.42 Å². The van der Waals surface area contributed by atoms with Gasteiger partial charge in [-0.05, 0) is 61.4 Å². The highest BCUT2D eigenvalue weighted by molar-refractivity contribution is 7.90. The molecular weight excluding hydrogens is 592 g/mol. The third-order valence-corrected chi connectivity index (χ3v) is 9.27. The number of benzene rings is 1. The predicted molar refractivity (Wildman–Crippen MR) is 149 cm³/mol. The molecule has 2 aromatic rings. The van der Waals surface area contributed by atoms with Crippen LogP contribution in [0.2, 0.25) is 0 Å². The second kappa shape index (κ2) is 14.7. The summed E-state index contributed by atoms with van der Waals surface area (Å²) in [5.74, 6) is -0.999. The number of likely N-dealkylation sites (tertiary alicyclic amines) is 1. The number of alkyl halides is 3. The number of nitrogens with one attached hydrogen (secondary N) is 2. The lowest BCUT2D eigenvalue weighted by molar-refractivity contribution is -0.120. The second-order valence-electron chi connectivity index (χ2n) is 11.3. The number of carbonyl (C=O) groups excluding carboxylic acids is 2. The van der Waals surface area contributed by atoms with Crippen molar-refractivity contribution in [3.63, 3.8) is 0 Å². The monoisotopic (exact) mass is 630 g/mol. The molecule has 4 rings (SSSR count). The van der Waals surface area contributed by atoms with E-state index in [9.17, 15) is 35.6 Å². The summed E-state index contributed by atoms with van der Waals surface area (Å²) >= 11 is 0. The average Bonchev–Trinajstić information content (AvgIpc) is 3.62. The van der Waals surface area contributed by atoms with Gasteiger partial charge in [-0.2, -0.15) is 21.6 Å². The first-order chi connectivity index (χ1) is 20.4. The molecule has 9 nitrogen and oxygen atoms in total. The Bertz CT molecular complexity index is 1360. The number of nitrogens with zero attached hydrogens (tertiary/aromatic N) is 2. The van der Waals surface area contributed by atoms with E-state index in [1.165, 1.54) is 63.0 Å². The average molecular weight is 631 g/mol. The van der Waals surface area contributed by atoms with Crippen molar-refractivity contribution < 1.29 is 40.0 Å². The number of aromatic nitrogens is 1. The summed E-state index contributed by atoms with van der Waals surface area (Å²) in [4.78, 5) is 31.0. The van der Waals surface area contributed by atoms with Gasteiger partial charge in [-0.1, -0.05) is 51.0 Å². The lowest BCUT2D eigenvalue weighted by Crippen LogP contribution is -2.40. The van der Waals surface area contributed by atoms with Gasteiger partial charge in [0.2, 0.25) is 11.8 Å². The van der Waals surface area contributed by atoms with E-state index in [0.717, 1.165) is 29.9 Å². The SMILES string of the molecule is O=C(CCc1ccc(F)cc1CN1CCCC1c1nc(C(=O)NCCCCC2CCCCC2)co1)NS(=O)(=O)C(F)(F)F. The maximum atomic E-state index is 14.2. The first-order valence-corrected chi connectivity index (χ1v) is 16.3. The van der Waals surface area contributed by atoms with Gasteiger partial charge in [0.1, 0.15) is 12.1 Å². The molecule has 0 radical (unpaired) electrons.